The molecule has 2 aliphatic rings. The van der Waals surface area contributed by atoms with Gasteiger partial charge in [-0.25, -0.2) is 4.39 Å². The molecule has 2 heterocycles. The molecular weight excluding hydrogens is 444 g/mol. The van der Waals surface area contributed by atoms with Gasteiger partial charge >= 0.3 is 6.18 Å². The number of hydrogen-bond donors (Lipinski definition) is 1. The highest BCUT2D eigenvalue weighted by Gasteiger charge is 2.63. The Balaban J connectivity index is 1.47. The molecule has 0 unspecified atom stereocenters. The van der Waals surface area contributed by atoms with Crippen LogP contribution in [-0.2, 0) is 16.0 Å². The van der Waals surface area contributed by atoms with Crippen molar-refractivity contribution in [1.29, 1.82) is 0 Å². The zero-order chi connectivity index (χ0) is 23.1. The van der Waals surface area contributed by atoms with Crippen LogP contribution in [0.2, 0.25) is 0 Å². The van der Waals surface area contributed by atoms with E-state index in [-0.39, 0.29) is 43.6 Å². The Kier molecular flexibility index (Phi) is 6.04. The lowest BCUT2D eigenvalue weighted by molar-refractivity contribution is -0.243. The third kappa shape index (κ3) is 4.02. The Morgan fingerprint density at radius 2 is 1.91 bits per heavy atom. The molecule has 2 amide bonds. The molecule has 2 aromatic rings. The van der Waals surface area contributed by atoms with Crippen LogP contribution in [0.15, 0.2) is 30.3 Å². The molecule has 4 rings (SSSR count). The van der Waals surface area contributed by atoms with E-state index in [0.29, 0.717) is 19.4 Å². The van der Waals surface area contributed by atoms with E-state index in [1.807, 2.05) is 13.0 Å². The number of rotatable bonds is 5. The van der Waals surface area contributed by atoms with Crippen molar-refractivity contribution in [2.24, 2.45) is 5.41 Å². The molecule has 0 spiro atoms. The van der Waals surface area contributed by atoms with Crippen molar-refractivity contribution in [1.82, 2.24) is 10.2 Å². The number of halogens is 4. The molecule has 172 valence electrons. The fraction of sp³-hybridized carbons (Fsp3) is 0.478. The van der Waals surface area contributed by atoms with E-state index >= 15 is 0 Å². The van der Waals surface area contributed by atoms with E-state index in [4.69, 9.17) is 0 Å². The van der Waals surface area contributed by atoms with Crippen LogP contribution in [0.25, 0.3) is 0 Å². The number of carbonyl (C=O) groups is 2. The molecule has 1 saturated carbocycles. The first kappa shape index (κ1) is 22.8. The second kappa shape index (κ2) is 8.50. The summed E-state index contributed by atoms with van der Waals surface area (Å²) in [6, 6.07) is 7.63. The summed E-state index contributed by atoms with van der Waals surface area (Å²) in [6.07, 6.45) is -4.07. The van der Waals surface area contributed by atoms with Crippen molar-refractivity contribution in [2.75, 3.05) is 13.1 Å². The van der Waals surface area contributed by atoms with E-state index in [9.17, 15) is 27.2 Å². The van der Waals surface area contributed by atoms with Gasteiger partial charge < -0.3 is 10.2 Å². The fourth-order valence-electron chi connectivity index (χ4n) is 4.57. The molecule has 4 nitrogen and oxygen atoms in total. The van der Waals surface area contributed by atoms with Gasteiger partial charge in [-0.05, 0) is 55.5 Å². The number of amides is 2. The predicted molar refractivity (Wildman–Crippen MR) is 113 cm³/mol. The molecule has 9 heteroatoms. The van der Waals surface area contributed by atoms with Gasteiger partial charge in [0.15, 0.2) is 0 Å². The maximum absolute atomic E-state index is 13.5. The summed E-state index contributed by atoms with van der Waals surface area (Å²) in [7, 11) is 0. The summed E-state index contributed by atoms with van der Waals surface area (Å²) in [5.74, 6) is -1.68. The van der Waals surface area contributed by atoms with Crippen molar-refractivity contribution in [3.05, 3.63) is 57.0 Å². The summed E-state index contributed by atoms with van der Waals surface area (Å²) in [5, 5.41) is 2.33. The van der Waals surface area contributed by atoms with Gasteiger partial charge in [0.1, 0.15) is 11.2 Å². The van der Waals surface area contributed by atoms with Crippen LogP contribution in [-0.4, -0.2) is 36.0 Å². The number of fused-ring (bicyclic) bond motifs is 1. The van der Waals surface area contributed by atoms with Gasteiger partial charge in [-0.15, -0.1) is 11.3 Å². The number of alkyl halides is 3. The number of thiophene rings is 1. The molecule has 1 aliphatic heterocycles. The number of aryl methyl sites for hydroxylation is 1. The maximum Gasteiger partial charge on any atom is 0.403 e. The molecular formula is C23H24F4N2O2S. The SMILES string of the molecule is Cc1cc2c(s1)CCN(C(=O)CCNC(=O)C1(C(F)(F)F)CCC1)[C@@H]2c1ccc(F)cc1. The molecule has 1 atom stereocenters. The zero-order valence-electron chi connectivity index (χ0n) is 17.6. The lowest BCUT2D eigenvalue weighted by Crippen LogP contribution is -2.55. The van der Waals surface area contributed by atoms with Crippen LogP contribution in [0.3, 0.4) is 0 Å². The minimum Gasteiger partial charge on any atom is -0.355 e. The first-order valence-corrected chi connectivity index (χ1v) is 11.4. The predicted octanol–water partition coefficient (Wildman–Crippen LogP) is 4.91. The number of nitrogens with one attached hydrogen (secondary N) is 1. The first-order chi connectivity index (χ1) is 15.1. The summed E-state index contributed by atoms with van der Waals surface area (Å²) >= 11 is 1.67. The smallest absolute Gasteiger partial charge is 0.355 e. The number of hydrogen-bond acceptors (Lipinski definition) is 3. The second-order valence-electron chi connectivity index (χ2n) is 8.47. The minimum atomic E-state index is -4.59. The number of carbonyl (C=O) groups excluding carboxylic acids is 2. The first-order valence-electron chi connectivity index (χ1n) is 10.6. The van der Waals surface area contributed by atoms with Crippen molar-refractivity contribution < 1.29 is 27.2 Å². The highest BCUT2D eigenvalue weighted by Crippen LogP contribution is 2.53. The highest BCUT2D eigenvalue weighted by atomic mass is 32.1. The third-order valence-electron chi connectivity index (χ3n) is 6.47. The Morgan fingerprint density at radius 1 is 1.22 bits per heavy atom. The Morgan fingerprint density at radius 3 is 2.50 bits per heavy atom. The zero-order valence-corrected chi connectivity index (χ0v) is 18.4. The summed E-state index contributed by atoms with van der Waals surface area (Å²) in [6.45, 7) is 2.29. The second-order valence-corrected chi connectivity index (χ2v) is 9.81. The van der Waals surface area contributed by atoms with Gasteiger partial charge in [0.25, 0.3) is 0 Å². The van der Waals surface area contributed by atoms with Crippen LogP contribution < -0.4 is 5.32 Å². The van der Waals surface area contributed by atoms with Crippen LogP contribution in [0.5, 0.6) is 0 Å². The third-order valence-corrected chi connectivity index (χ3v) is 7.59. The van der Waals surface area contributed by atoms with Crippen molar-refractivity contribution >= 4 is 23.2 Å². The monoisotopic (exact) mass is 468 g/mol. The molecule has 0 bridgehead atoms. The average Bonchev–Trinajstić information content (AvgIpc) is 3.06. The fourth-order valence-corrected chi connectivity index (χ4v) is 5.62. The van der Waals surface area contributed by atoms with Crippen molar-refractivity contribution in [2.45, 2.75) is 51.2 Å². The van der Waals surface area contributed by atoms with Gasteiger partial charge in [0, 0.05) is 29.3 Å². The van der Waals surface area contributed by atoms with Gasteiger partial charge in [-0.3, -0.25) is 9.59 Å². The van der Waals surface area contributed by atoms with Gasteiger partial charge in [-0.1, -0.05) is 18.6 Å². The lowest BCUT2D eigenvalue weighted by Gasteiger charge is -2.41. The van der Waals surface area contributed by atoms with Gasteiger partial charge in [-0.2, -0.15) is 13.2 Å². The van der Waals surface area contributed by atoms with Crippen LogP contribution in [0.4, 0.5) is 17.6 Å². The quantitative estimate of drug-likeness (QED) is 0.634. The molecule has 0 saturated heterocycles. The molecule has 1 aromatic heterocycles. The Hall–Kier alpha value is -2.42. The van der Waals surface area contributed by atoms with E-state index in [1.54, 1.807) is 28.4 Å². The van der Waals surface area contributed by atoms with E-state index < -0.39 is 17.5 Å². The highest BCUT2D eigenvalue weighted by molar-refractivity contribution is 7.12. The van der Waals surface area contributed by atoms with E-state index in [1.165, 1.54) is 17.0 Å². The Labute approximate surface area is 187 Å². The summed E-state index contributed by atoms with van der Waals surface area (Å²) < 4.78 is 53.5. The standard InChI is InChI=1S/C23H24F4N2O2S/c1-14-13-17-18(32-14)8-12-29(20(17)15-3-5-16(24)6-4-15)19(30)7-11-28-21(31)22(9-2-10-22)23(25,26)27/h3-6,13,20H,2,7-12H2,1H3,(H,28,31)/t20-/m1/s1. The average molecular weight is 469 g/mol. The van der Waals surface area contributed by atoms with E-state index in [2.05, 4.69) is 5.32 Å². The normalized spacial score (nSPS) is 19.8. The van der Waals surface area contributed by atoms with Crippen LogP contribution in [0.1, 0.15) is 52.6 Å². The van der Waals surface area contributed by atoms with Crippen LogP contribution in [0, 0.1) is 18.2 Å². The van der Waals surface area contributed by atoms with Crippen LogP contribution >= 0.6 is 11.3 Å². The number of benzene rings is 1. The van der Waals surface area contributed by atoms with Gasteiger partial charge in [0.2, 0.25) is 11.8 Å². The molecule has 0 radical (unpaired) electrons. The number of nitrogens with zero attached hydrogens (tertiary/aromatic N) is 1. The summed E-state index contributed by atoms with van der Waals surface area (Å²) in [4.78, 5) is 29.3. The minimum absolute atomic E-state index is 0.101. The van der Waals surface area contributed by atoms with Crippen molar-refractivity contribution in [3.63, 3.8) is 0 Å². The molecule has 32 heavy (non-hydrogen) atoms. The maximum atomic E-state index is 13.5. The Bertz CT molecular complexity index is 1010. The lowest BCUT2D eigenvalue weighted by atomic mass is 9.67. The van der Waals surface area contributed by atoms with Gasteiger partial charge in [0.05, 0.1) is 6.04 Å². The topological polar surface area (TPSA) is 49.4 Å². The molecule has 1 N–H and O–H groups in total. The largest absolute Gasteiger partial charge is 0.403 e. The van der Waals surface area contributed by atoms with Crippen molar-refractivity contribution in [3.8, 4) is 0 Å². The molecule has 1 aromatic carbocycles. The molecule has 1 fully saturated rings. The summed E-state index contributed by atoms with van der Waals surface area (Å²) in [5.41, 5.74) is -0.553. The molecule has 1 aliphatic carbocycles. The van der Waals surface area contributed by atoms with E-state index in [0.717, 1.165) is 16.0 Å².